The van der Waals surface area contributed by atoms with Crippen molar-refractivity contribution >= 4 is 5.82 Å². The fourth-order valence-corrected chi connectivity index (χ4v) is 1.46. The van der Waals surface area contributed by atoms with Gasteiger partial charge in [-0.05, 0) is 30.2 Å². The number of nitrogens with one attached hydrogen (secondary N) is 1. The Kier molecular flexibility index (Phi) is 2.98. The molecular weight excluding hydrogens is 184 g/mol. The highest BCUT2D eigenvalue weighted by atomic mass is 15.0. The third-order valence-corrected chi connectivity index (χ3v) is 2.39. The number of pyridine rings is 1. The van der Waals surface area contributed by atoms with E-state index in [-0.39, 0.29) is 0 Å². The van der Waals surface area contributed by atoms with Gasteiger partial charge in [0.2, 0.25) is 0 Å². The smallest absolute Gasteiger partial charge is 0.126 e. The van der Waals surface area contributed by atoms with Crippen LogP contribution < -0.4 is 5.32 Å². The first-order valence-electron chi connectivity index (χ1n) is 5.05. The minimum atomic E-state index is 0.823. The van der Waals surface area contributed by atoms with Gasteiger partial charge in [-0.15, -0.1) is 0 Å². The maximum atomic E-state index is 4.21. The van der Waals surface area contributed by atoms with Crippen LogP contribution in [0.25, 0.3) is 0 Å². The molecular formula is C13H14N2. The number of aryl methyl sites for hydroxylation is 1. The van der Waals surface area contributed by atoms with Crippen LogP contribution in [0.3, 0.4) is 0 Å². The van der Waals surface area contributed by atoms with Crippen LogP contribution in [0.5, 0.6) is 0 Å². The highest BCUT2D eigenvalue weighted by molar-refractivity contribution is 5.36. The predicted octanol–water partition coefficient (Wildman–Crippen LogP) is 3.00. The summed E-state index contributed by atoms with van der Waals surface area (Å²) in [6, 6.07) is 14.2. The van der Waals surface area contributed by atoms with Crippen molar-refractivity contribution in [3.63, 3.8) is 0 Å². The van der Waals surface area contributed by atoms with E-state index >= 15 is 0 Å². The number of rotatable bonds is 3. The molecule has 2 rings (SSSR count). The third-order valence-electron chi connectivity index (χ3n) is 2.39. The molecule has 0 aliphatic carbocycles. The lowest BCUT2D eigenvalue weighted by molar-refractivity contribution is 1.09. The van der Waals surface area contributed by atoms with E-state index in [0.717, 1.165) is 12.4 Å². The molecule has 2 heteroatoms. The number of anilines is 1. The van der Waals surface area contributed by atoms with Gasteiger partial charge in [-0.3, -0.25) is 0 Å². The molecule has 0 bridgehead atoms. The van der Waals surface area contributed by atoms with Crippen molar-refractivity contribution in [3.05, 3.63) is 59.8 Å². The van der Waals surface area contributed by atoms with Crippen molar-refractivity contribution < 1.29 is 0 Å². The molecule has 2 nitrogen and oxygen atoms in total. The predicted molar refractivity (Wildman–Crippen MR) is 62.7 cm³/mol. The molecule has 1 aromatic heterocycles. The van der Waals surface area contributed by atoms with Gasteiger partial charge in [0.05, 0.1) is 0 Å². The first-order chi connectivity index (χ1) is 7.36. The summed E-state index contributed by atoms with van der Waals surface area (Å²) in [5, 5.41) is 3.29. The van der Waals surface area contributed by atoms with Crippen LogP contribution in [-0.2, 0) is 6.54 Å². The van der Waals surface area contributed by atoms with Gasteiger partial charge in [0.1, 0.15) is 5.82 Å². The molecule has 0 fully saturated rings. The fourth-order valence-electron chi connectivity index (χ4n) is 1.46. The van der Waals surface area contributed by atoms with Gasteiger partial charge in [-0.1, -0.05) is 30.3 Å². The van der Waals surface area contributed by atoms with Crippen molar-refractivity contribution in [2.75, 3.05) is 5.32 Å². The molecule has 0 aliphatic rings. The molecule has 15 heavy (non-hydrogen) atoms. The Bertz CT molecular complexity index is 424. The van der Waals surface area contributed by atoms with E-state index in [1.807, 2.05) is 18.2 Å². The topological polar surface area (TPSA) is 24.9 Å². The Labute approximate surface area is 90.0 Å². The normalized spacial score (nSPS) is 9.93. The summed E-state index contributed by atoms with van der Waals surface area (Å²) in [7, 11) is 0. The summed E-state index contributed by atoms with van der Waals surface area (Å²) in [6.45, 7) is 2.94. The van der Waals surface area contributed by atoms with Crippen molar-refractivity contribution in [2.45, 2.75) is 13.5 Å². The van der Waals surface area contributed by atoms with Gasteiger partial charge in [-0.2, -0.15) is 0 Å². The number of hydrogen-bond donors (Lipinski definition) is 1. The molecule has 0 atom stereocenters. The molecule has 1 N–H and O–H groups in total. The van der Waals surface area contributed by atoms with E-state index in [9.17, 15) is 0 Å². The van der Waals surface area contributed by atoms with Crippen molar-refractivity contribution in [1.29, 1.82) is 0 Å². The quantitative estimate of drug-likeness (QED) is 0.820. The zero-order chi connectivity index (χ0) is 10.5. The molecule has 0 saturated heterocycles. The van der Waals surface area contributed by atoms with Gasteiger partial charge in [-0.25, -0.2) is 4.98 Å². The molecule has 1 aromatic carbocycles. The van der Waals surface area contributed by atoms with Crippen molar-refractivity contribution in [2.24, 2.45) is 0 Å². The van der Waals surface area contributed by atoms with Crippen LogP contribution in [-0.4, -0.2) is 4.98 Å². The second-order valence-corrected chi connectivity index (χ2v) is 3.50. The largest absolute Gasteiger partial charge is 0.366 e. The lowest BCUT2D eigenvalue weighted by Crippen LogP contribution is -2.02. The summed E-state index contributed by atoms with van der Waals surface area (Å²) in [5.74, 6) is 0.917. The number of nitrogens with zero attached hydrogens (tertiary/aromatic N) is 1. The van der Waals surface area contributed by atoms with E-state index in [0.29, 0.717) is 0 Å². The Morgan fingerprint density at radius 2 is 1.87 bits per heavy atom. The zero-order valence-electron chi connectivity index (χ0n) is 8.77. The maximum absolute atomic E-state index is 4.21. The highest BCUT2D eigenvalue weighted by Crippen LogP contribution is 2.09. The molecule has 0 aliphatic heterocycles. The monoisotopic (exact) mass is 198 g/mol. The Hall–Kier alpha value is -1.83. The van der Waals surface area contributed by atoms with Gasteiger partial charge in [0, 0.05) is 12.7 Å². The summed E-state index contributed by atoms with van der Waals surface area (Å²) in [5.41, 5.74) is 2.61. The van der Waals surface area contributed by atoms with E-state index in [2.05, 4.69) is 41.5 Å². The highest BCUT2D eigenvalue weighted by Gasteiger charge is 1.96. The maximum Gasteiger partial charge on any atom is 0.126 e. The van der Waals surface area contributed by atoms with Gasteiger partial charge < -0.3 is 5.32 Å². The standard InChI is InChI=1S/C13H14N2/c1-11-6-2-3-7-12(11)10-15-13-8-4-5-9-14-13/h2-9H,10H2,1H3,(H,14,15). The molecule has 76 valence electrons. The summed E-state index contributed by atoms with van der Waals surface area (Å²) in [6.07, 6.45) is 1.79. The molecule has 0 spiro atoms. The minimum Gasteiger partial charge on any atom is -0.366 e. The van der Waals surface area contributed by atoms with Crippen LogP contribution in [0.15, 0.2) is 48.7 Å². The van der Waals surface area contributed by atoms with Crippen molar-refractivity contribution in [3.8, 4) is 0 Å². The average molecular weight is 198 g/mol. The molecule has 0 unspecified atom stereocenters. The number of benzene rings is 1. The Morgan fingerprint density at radius 3 is 2.60 bits per heavy atom. The third kappa shape index (κ3) is 2.56. The lowest BCUT2D eigenvalue weighted by Gasteiger charge is -2.07. The number of aromatic nitrogens is 1. The minimum absolute atomic E-state index is 0.823. The first kappa shape index (κ1) is 9.71. The average Bonchev–Trinajstić information content (AvgIpc) is 2.29. The van der Waals surface area contributed by atoms with Crippen molar-refractivity contribution in [1.82, 2.24) is 4.98 Å². The van der Waals surface area contributed by atoms with Gasteiger partial charge in [0.25, 0.3) is 0 Å². The Balaban J connectivity index is 2.03. The second kappa shape index (κ2) is 4.60. The summed E-state index contributed by atoms with van der Waals surface area (Å²) in [4.78, 5) is 4.21. The SMILES string of the molecule is Cc1ccccc1CNc1ccccn1. The molecule has 0 radical (unpaired) electrons. The summed E-state index contributed by atoms with van der Waals surface area (Å²) >= 11 is 0. The van der Waals surface area contributed by atoms with E-state index in [4.69, 9.17) is 0 Å². The second-order valence-electron chi connectivity index (χ2n) is 3.50. The Morgan fingerprint density at radius 1 is 1.07 bits per heavy atom. The molecule has 0 saturated carbocycles. The lowest BCUT2D eigenvalue weighted by atomic mass is 10.1. The van der Waals surface area contributed by atoms with E-state index in [1.165, 1.54) is 11.1 Å². The first-order valence-corrected chi connectivity index (χ1v) is 5.05. The molecule has 1 heterocycles. The van der Waals surface area contributed by atoms with E-state index < -0.39 is 0 Å². The molecule has 0 amide bonds. The van der Waals surface area contributed by atoms with Crippen LogP contribution in [0.1, 0.15) is 11.1 Å². The fraction of sp³-hybridized carbons (Fsp3) is 0.154. The van der Waals surface area contributed by atoms with Crippen LogP contribution in [0, 0.1) is 6.92 Å². The zero-order valence-corrected chi connectivity index (χ0v) is 8.77. The van der Waals surface area contributed by atoms with E-state index in [1.54, 1.807) is 6.20 Å². The van der Waals surface area contributed by atoms with Crippen LogP contribution >= 0.6 is 0 Å². The van der Waals surface area contributed by atoms with Gasteiger partial charge in [0.15, 0.2) is 0 Å². The van der Waals surface area contributed by atoms with Gasteiger partial charge >= 0.3 is 0 Å². The van der Waals surface area contributed by atoms with Crippen LogP contribution in [0.4, 0.5) is 5.82 Å². The molecule has 2 aromatic rings. The van der Waals surface area contributed by atoms with Crippen LogP contribution in [0.2, 0.25) is 0 Å². The number of hydrogen-bond acceptors (Lipinski definition) is 2. The summed E-state index contributed by atoms with van der Waals surface area (Å²) < 4.78 is 0.